The molecule has 0 spiro atoms. The summed E-state index contributed by atoms with van der Waals surface area (Å²) in [6.07, 6.45) is 13.5. The SMILES string of the molecule is CCC=CC1CC2CCCCC2O1. The second-order valence-corrected chi connectivity index (χ2v) is 4.33. The number of hydrogen-bond acceptors (Lipinski definition) is 1. The van der Waals surface area contributed by atoms with E-state index in [-0.39, 0.29) is 0 Å². The maximum atomic E-state index is 5.98. The van der Waals surface area contributed by atoms with Crippen LogP contribution in [-0.4, -0.2) is 12.2 Å². The van der Waals surface area contributed by atoms with Crippen LogP contribution in [0.5, 0.6) is 0 Å². The quantitative estimate of drug-likeness (QED) is 0.592. The molecule has 1 heterocycles. The van der Waals surface area contributed by atoms with E-state index in [1.165, 1.54) is 32.1 Å². The molecule has 74 valence electrons. The number of rotatable bonds is 2. The monoisotopic (exact) mass is 180 g/mol. The standard InChI is InChI=1S/C12H20O/c1-2-3-7-11-9-10-6-4-5-8-12(10)13-11/h3,7,10-12H,2,4-6,8-9H2,1H3. The van der Waals surface area contributed by atoms with Gasteiger partial charge in [0.05, 0.1) is 12.2 Å². The lowest BCUT2D eigenvalue weighted by Crippen LogP contribution is -2.19. The highest BCUT2D eigenvalue weighted by atomic mass is 16.5. The van der Waals surface area contributed by atoms with Gasteiger partial charge < -0.3 is 4.74 Å². The third kappa shape index (κ3) is 2.14. The molecule has 3 atom stereocenters. The second-order valence-electron chi connectivity index (χ2n) is 4.33. The fourth-order valence-electron chi connectivity index (χ4n) is 2.61. The normalized spacial score (nSPS) is 39.6. The average Bonchev–Trinajstić information content (AvgIpc) is 2.57. The van der Waals surface area contributed by atoms with Crippen LogP contribution in [0, 0.1) is 5.92 Å². The van der Waals surface area contributed by atoms with Crippen molar-refractivity contribution < 1.29 is 4.74 Å². The smallest absolute Gasteiger partial charge is 0.0763 e. The Morgan fingerprint density at radius 3 is 2.92 bits per heavy atom. The summed E-state index contributed by atoms with van der Waals surface area (Å²) in [6, 6.07) is 0. The Bertz CT molecular complexity index is 172. The Morgan fingerprint density at radius 2 is 2.15 bits per heavy atom. The van der Waals surface area contributed by atoms with E-state index in [0.717, 1.165) is 12.3 Å². The molecule has 0 amide bonds. The molecule has 0 aromatic carbocycles. The van der Waals surface area contributed by atoms with E-state index in [4.69, 9.17) is 4.74 Å². The molecule has 1 aliphatic heterocycles. The van der Waals surface area contributed by atoms with Gasteiger partial charge in [0.25, 0.3) is 0 Å². The fourth-order valence-corrected chi connectivity index (χ4v) is 2.61. The van der Waals surface area contributed by atoms with Crippen LogP contribution in [0.1, 0.15) is 45.4 Å². The molecule has 0 N–H and O–H groups in total. The van der Waals surface area contributed by atoms with Crippen molar-refractivity contribution in [3.8, 4) is 0 Å². The van der Waals surface area contributed by atoms with Gasteiger partial charge in [0.2, 0.25) is 0 Å². The van der Waals surface area contributed by atoms with Crippen LogP contribution >= 0.6 is 0 Å². The Hall–Kier alpha value is -0.300. The molecule has 0 radical (unpaired) electrons. The highest BCUT2D eigenvalue weighted by Gasteiger charge is 2.35. The molecule has 0 aromatic heterocycles. The first-order valence-corrected chi connectivity index (χ1v) is 5.72. The Kier molecular flexibility index (Phi) is 3.05. The average molecular weight is 180 g/mol. The summed E-state index contributed by atoms with van der Waals surface area (Å²) in [6.45, 7) is 2.18. The highest BCUT2D eigenvalue weighted by molar-refractivity contribution is 4.96. The lowest BCUT2D eigenvalue weighted by Gasteiger charge is -2.22. The molecule has 3 unspecified atom stereocenters. The minimum atomic E-state index is 0.438. The summed E-state index contributed by atoms with van der Waals surface area (Å²) in [5, 5.41) is 0. The largest absolute Gasteiger partial charge is 0.371 e. The number of ether oxygens (including phenoxy) is 1. The van der Waals surface area contributed by atoms with Crippen LogP contribution in [-0.2, 0) is 4.74 Å². The molecule has 2 fully saturated rings. The Balaban J connectivity index is 1.87. The zero-order chi connectivity index (χ0) is 9.10. The van der Waals surface area contributed by atoms with E-state index in [9.17, 15) is 0 Å². The molecular weight excluding hydrogens is 160 g/mol. The van der Waals surface area contributed by atoms with Crippen molar-refractivity contribution in [2.45, 2.75) is 57.7 Å². The predicted octanol–water partition coefficient (Wildman–Crippen LogP) is 3.30. The van der Waals surface area contributed by atoms with E-state index in [2.05, 4.69) is 19.1 Å². The van der Waals surface area contributed by atoms with Crippen molar-refractivity contribution in [3.63, 3.8) is 0 Å². The molecule has 2 rings (SSSR count). The molecule has 1 nitrogen and oxygen atoms in total. The number of allylic oxidation sites excluding steroid dienone is 1. The van der Waals surface area contributed by atoms with Crippen molar-refractivity contribution in [2.24, 2.45) is 5.92 Å². The first-order valence-electron chi connectivity index (χ1n) is 5.72. The summed E-state index contributed by atoms with van der Waals surface area (Å²) in [4.78, 5) is 0. The molecule has 1 aliphatic carbocycles. The van der Waals surface area contributed by atoms with Crippen LogP contribution in [0.25, 0.3) is 0 Å². The molecule has 1 saturated heterocycles. The van der Waals surface area contributed by atoms with Crippen molar-refractivity contribution in [1.82, 2.24) is 0 Å². The van der Waals surface area contributed by atoms with Crippen LogP contribution in [0.3, 0.4) is 0 Å². The summed E-state index contributed by atoms with van der Waals surface area (Å²) >= 11 is 0. The van der Waals surface area contributed by atoms with Gasteiger partial charge in [0.15, 0.2) is 0 Å². The van der Waals surface area contributed by atoms with Gasteiger partial charge in [0, 0.05) is 0 Å². The van der Waals surface area contributed by atoms with Crippen LogP contribution in [0.4, 0.5) is 0 Å². The van der Waals surface area contributed by atoms with Gasteiger partial charge in [-0.15, -0.1) is 0 Å². The first-order chi connectivity index (χ1) is 6.40. The number of fused-ring (bicyclic) bond motifs is 1. The van der Waals surface area contributed by atoms with Gasteiger partial charge in [-0.1, -0.05) is 31.9 Å². The Labute approximate surface area is 81.2 Å². The zero-order valence-electron chi connectivity index (χ0n) is 8.54. The van der Waals surface area contributed by atoms with Crippen LogP contribution in [0.2, 0.25) is 0 Å². The summed E-state index contributed by atoms with van der Waals surface area (Å²) < 4.78 is 5.98. The Morgan fingerprint density at radius 1 is 1.31 bits per heavy atom. The lowest BCUT2D eigenvalue weighted by atomic mass is 9.85. The molecule has 1 saturated carbocycles. The molecule has 0 aromatic rings. The summed E-state index contributed by atoms with van der Waals surface area (Å²) in [5.74, 6) is 0.875. The van der Waals surface area contributed by atoms with Crippen molar-refractivity contribution >= 4 is 0 Å². The van der Waals surface area contributed by atoms with E-state index in [1.807, 2.05) is 0 Å². The van der Waals surface area contributed by atoms with Crippen molar-refractivity contribution in [1.29, 1.82) is 0 Å². The summed E-state index contributed by atoms with van der Waals surface area (Å²) in [7, 11) is 0. The minimum absolute atomic E-state index is 0.438. The lowest BCUT2D eigenvalue weighted by molar-refractivity contribution is 0.0383. The summed E-state index contributed by atoms with van der Waals surface area (Å²) in [5.41, 5.74) is 0. The third-order valence-corrected chi connectivity index (χ3v) is 3.31. The maximum absolute atomic E-state index is 5.98. The van der Waals surface area contributed by atoms with Gasteiger partial charge in [-0.05, 0) is 31.6 Å². The fraction of sp³-hybridized carbons (Fsp3) is 0.833. The second kappa shape index (κ2) is 4.28. The number of hydrogen-bond donors (Lipinski definition) is 0. The van der Waals surface area contributed by atoms with E-state index < -0.39 is 0 Å². The molecule has 2 aliphatic rings. The van der Waals surface area contributed by atoms with Gasteiger partial charge in [-0.2, -0.15) is 0 Å². The molecule has 0 bridgehead atoms. The van der Waals surface area contributed by atoms with E-state index >= 15 is 0 Å². The van der Waals surface area contributed by atoms with Crippen LogP contribution in [0.15, 0.2) is 12.2 Å². The van der Waals surface area contributed by atoms with Gasteiger partial charge in [-0.25, -0.2) is 0 Å². The van der Waals surface area contributed by atoms with Gasteiger partial charge in [-0.3, -0.25) is 0 Å². The first kappa shape index (κ1) is 9.26. The third-order valence-electron chi connectivity index (χ3n) is 3.31. The zero-order valence-corrected chi connectivity index (χ0v) is 8.54. The maximum Gasteiger partial charge on any atom is 0.0763 e. The van der Waals surface area contributed by atoms with Gasteiger partial charge in [0.1, 0.15) is 0 Å². The van der Waals surface area contributed by atoms with Crippen LogP contribution < -0.4 is 0 Å². The minimum Gasteiger partial charge on any atom is -0.371 e. The molecule has 13 heavy (non-hydrogen) atoms. The van der Waals surface area contributed by atoms with E-state index in [1.54, 1.807) is 0 Å². The highest BCUT2D eigenvalue weighted by Crippen LogP contribution is 2.37. The van der Waals surface area contributed by atoms with Crippen molar-refractivity contribution in [3.05, 3.63) is 12.2 Å². The molecule has 1 heteroatoms. The predicted molar refractivity (Wildman–Crippen MR) is 54.7 cm³/mol. The molecular formula is C12H20O. The van der Waals surface area contributed by atoms with Crippen molar-refractivity contribution in [2.75, 3.05) is 0 Å². The topological polar surface area (TPSA) is 9.23 Å². The van der Waals surface area contributed by atoms with Gasteiger partial charge >= 0.3 is 0 Å². The van der Waals surface area contributed by atoms with E-state index in [0.29, 0.717) is 12.2 Å².